The molecule has 2 aromatic rings. The molecule has 31 heavy (non-hydrogen) atoms. The highest BCUT2D eigenvalue weighted by molar-refractivity contribution is 5.97. The number of amides is 3. The molecule has 0 bridgehead atoms. The quantitative estimate of drug-likeness (QED) is 0.401. The van der Waals surface area contributed by atoms with Gasteiger partial charge in [-0.15, -0.1) is 0 Å². The molecule has 0 radical (unpaired) electrons. The number of nitro benzene ring substituents is 1. The average molecular weight is 430 g/mol. The van der Waals surface area contributed by atoms with Crippen molar-refractivity contribution >= 4 is 23.4 Å². The summed E-state index contributed by atoms with van der Waals surface area (Å²) >= 11 is 0. The van der Waals surface area contributed by atoms with Crippen LogP contribution < -0.4 is 25.6 Å². The highest BCUT2D eigenvalue weighted by atomic mass is 16.6. The van der Waals surface area contributed by atoms with Crippen molar-refractivity contribution < 1.29 is 28.8 Å². The lowest BCUT2D eigenvalue weighted by atomic mass is 10.2. The van der Waals surface area contributed by atoms with Crippen molar-refractivity contribution in [2.45, 2.75) is 20.0 Å². The highest BCUT2D eigenvalue weighted by Gasteiger charge is 2.16. The summed E-state index contributed by atoms with van der Waals surface area (Å²) in [5, 5.41) is 13.1. The maximum atomic E-state index is 12.1. The Bertz CT molecular complexity index is 947. The third-order valence-corrected chi connectivity index (χ3v) is 3.87. The van der Waals surface area contributed by atoms with E-state index in [-0.39, 0.29) is 11.3 Å². The molecule has 0 aliphatic rings. The molecule has 2 rings (SSSR count). The minimum atomic E-state index is -0.905. The Hall–Kier alpha value is -4.15. The number of carbonyl (C=O) groups is 3. The van der Waals surface area contributed by atoms with Gasteiger partial charge in [0.05, 0.1) is 18.1 Å². The minimum absolute atomic E-state index is 0.0309. The van der Waals surface area contributed by atoms with Crippen LogP contribution in [0.15, 0.2) is 48.5 Å². The standard InChI is InChI=1S/C20H22N4O7/c1-3-30-16-7-9-17(10-8-16)31-13(2)19(26)23-22-18(25)12-21-20(27)14-5-4-6-15(11-14)24(28)29/h4-11,13H,3,12H2,1-2H3,(H,21,27)(H,22,25)(H,23,26). The number of nitro groups is 1. The molecule has 0 spiro atoms. The summed E-state index contributed by atoms with van der Waals surface area (Å²) in [6.07, 6.45) is -0.905. The number of benzene rings is 2. The zero-order valence-electron chi connectivity index (χ0n) is 16.9. The van der Waals surface area contributed by atoms with E-state index in [4.69, 9.17) is 9.47 Å². The molecule has 11 nitrogen and oxygen atoms in total. The van der Waals surface area contributed by atoms with Gasteiger partial charge in [0, 0.05) is 17.7 Å². The average Bonchev–Trinajstić information content (AvgIpc) is 2.77. The smallest absolute Gasteiger partial charge is 0.279 e. The van der Waals surface area contributed by atoms with Crippen LogP contribution >= 0.6 is 0 Å². The largest absolute Gasteiger partial charge is 0.494 e. The summed E-state index contributed by atoms with van der Waals surface area (Å²) < 4.78 is 10.8. The van der Waals surface area contributed by atoms with E-state index in [1.54, 1.807) is 24.3 Å². The molecule has 3 amide bonds. The number of non-ortho nitro benzene ring substituents is 1. The van der Waals surface area contributed by atoms with Gasteiger partial charge in [-0.3, -0.25) is 35.3 Å². The number of nitrogens with one attached hydrogen (secondary N) is 3. The third kappa shape index (κ3) is 7.31. The predicted octanol–water partition coefficient (Wildman–Crippen LogP) is 1.34. The van der Waals surface area contributed by atoms with Crippen LogP contribution in [0.1, 0.15) is 24.2 Å². The molecule has 0 fully saturated rings. The first-order chi connectivity index (χ1) is 14.8. The number of carbonyl (C=O) groups excluding carboxylic acids is 3. The Balaban J connectivity index is 1.75. The molecule has 11 heteroatoms. The van der Waals surface area contributed by atoms with E-state index in [0.717, 1.165) is 6.07 Å². The molecular formula is C20H22N4O7. The first kappa shape index (κ1) is 23.1. The first-order valence-corrected chi connectivity index (χ1v) is 9.31. The molecule has 1 unspecified atom stereocenters. The summed E-state index contributed by atoms with van der Waals surface area (Å²) in [5.74, 6) is -0.849. The van der Waals surface area contributed by atoms with E-state index in [1.807, 2.05) is 6.92 Å². The number of hydrazine groups is 1. The van der Waals surface area contributed by atoms with E-state index in [0.29, 0.717) is 18.1 Å². The summed E-state index contributed by atoms with van der Waals surface area (Å²) in [6.45, 7) is 3.45. The summed E-state index contributed by atoms with van der Waals surface area (Å²) in [7, 11) is 0. The fraction of sp³-hybridized carbons (Fsp3) is 0.250. The minimum Gasteiger partial charge on any atom is -0.494 e. The number of hydrogen-bond donors (Lipinski definition) is 3. The monoisotopic (exact) mass is 430 g/mol. The molecule has 0 aliphatic carbocycles. The Morgan fingerprint density at radius 3 is 2.39 bits per heavy atom. The SMILES string of the molecule is CCOc1ccc(OC(C)C(=O)NNC(=O)CNC(=O)c2cccc([N+](=O)[O-])c2)cc1. The van der Waals surface area contributed by atoms with E-state index in [2.05, 4.69) is 16.2 Å². The van der Waals surface area contributed by atoms with E-state index in [1.165, 1.54) is 25.1 Å². The van der Waals surface area contributed by atoms with Gasteiger partial charge in [0.1, 0.15) is 11.5 Å². The molecule has 0 aromatic heterocycles. The van der Waals surface area contributed by atoms with E-state index < -0.39 is 35.3 Å². The van der Waals surface area contributed by atoms with Gasteiger partial charge in [0.25, 0.3) is 23.4 Å². The lowest BCUT2D eigenvalue weighted by Gasteiger charge is -2.15. The Morgan fingerprint density at radius 1 is 1.06 bits per heavy atom. The van der Waals surface area contributed by atoms with Gasteiger partial charge in [-0.1, -0.05) is 6.07 Å². The van der Waals surface area contributed by atoms with Crippen LogP contribution in [0, 0.1) is 10.1 Å². The van der Waals surface area contributed by atoms with Gasteiger partial charge in [-0.2, -0.15) is 0 Å². The van der Waals surface area contributed by atoms with Crippen LogP contribution in [-0.2, 0) is 9.59 Å². The fourth-order valence-electron chi connectivity index (χ4n) is 2.34. The fourth-order valence-corrected chi connectivity index (χ4v) is 2.34. The van der Waals surface area contributed by atoms with Crippen molar-refractivity contribution in [1.29, 1.82) is 0 Å². The zero-order valence-corrected chi connectivity index (χ0v) is 16.9. The van der Waals surface area contributed by atoms with Crippen molar-refractivity contribution in [3.63, 3.8) is 0 Å². The van der Waals surface area contributed by atoms with Crippen LogP contribution in [0.3, 0.4) is 0 Å². The van der Waals surface area contributed by atoms with E-state index in [9.17, 15) is 24.5 Å². The number of nitrogens with zero attached hydrogens (tertiary/aromatic N) is 1. The van der Waals surface area contributed by atoms with Crippen LogP contribution in [-0.4, -0.2) is 41.9 Å². The van der Waals surface area contributed by atoms with Crippen LogP contribution in [0.2, 0.25) is 0 Å². The summed E-state index contributed by atoms with van der Waals surface area (Å²) in [4.78, 5) is 46.0. The predicted molar refractivity (Wildman–Crippen MR) is 109 cm³/mol. The summed E-state index contributed by atoms with van der Waals surface area (Å²) in [6, 6.07) is 11.8. The van der Waals surface area contributed by atoms with Gasteiger partial charge in [-0.05, 0) is 44.2 Å². The van der Waals surface area contributed by atoms with Crippen molar-refractivity contribution in [3.05, 3.63) is 64.2 Å². The van der Waals surface area contributed by atoms with Crippen molar-refractivity contribution in [1.82, 2.24) is 16.2 Å². The molecule has 1 atom stereocenters. The topological polar surface area (TPSA) is 149 Å². The second-order valence-corrected chi connectivity index (χ2v) is 6.19. The number of ether oxygens (including phenoxy) is 2. The molecule has 2 aromatic carbocycles. The lowest BCUT2D eigenvalue weighted by Crippen LogP contribution is -2.50. The molecular weight excluding hydrogens is 408 g/mol. The Kier molecular flexibility index (Phi) is 8.31. The number of hydrogen-bond acceptors (Lipinski definition) is 7. The van der Waals surface area contributed by atoms with Crippen LogP contribution in [0.25, 0.3) is 0 Å². The van der Waals surface area contributed by atoms with Crippen molar-refractivity contribution in [3.8, 4) is 11.5 Å². The van der Waals surface area contributed by atoms with Crippen molar-refractivity contribution in [2.24, 2.45) is 0 Å². The molecule has 0 aliphatic heterocycles. The Morgan fingerprint density at radius 2 is 1.74 bits per heavy atom. The Labute approximate surface area is 177 Å². The molecule has 0 saturated carbocycles. The normalized spacial score (nSPS) is 11.0. The van der Waals surface area contributed by atoms with Crippen LogP contribution in [0.5, 0.6) is 11.5 Å². The van der Waals surface area contributed by atoms with Gasteiger partial charge >= 0.3 is 0 Å². The van der Waals surface area contributed by atoms with Gasteiger partial charge < -0.3 is 14.8 Å². The molecule has 164 valence electrons. The first-order valence-electron chi connectivity index (χ1n) is 9.31. The van der Waals surface area contributed by atoms with Gasteiger partial charge in [0.15, 0.2) is 6.10 Å². The van der Waals surface area contributed by atoms with E-state index >= 15 is 0 Å². The molecule has 3 N–H and O–H groups in total. The zero-order chi connectivity index (χ0) is 22.8. The van der Waals surface area contributed by atoms with Gasteiger partial charge in [0.2, 0.25) is 0 Å². The lowest BCUT2D eigenvalue weighted by molar-refractivity contribution is -0.384. The molecule has 0 heterocycles. The second-order valence-electron chi connectivity index (χ2n) is 6.19. The highest BCUT2D eigenvalue weighted by Crippen LogP contribution is 2.18. The summed E-state index contributed by atoms with van der Waals surface area (Å²) in [5.41, 5.74) is 4.13. The van der Waals surface area contributed by atoms with Gasteiger partial charge in [-0.25, -0.2) is 0 Å². The number of rotatable bonds is 9. The third-order valence-electron chi connectivity index (χ3n) is 3.87. The maximum Gasteiger partial charge on any atom is 0.279 e. The maximum absolute atomic E-state index is 12.1. The second kappa shape index (κ2) is 11.1. The van der Waals surface area contributed by atoms with Crippen molar-refractivity contribution in [2.75, 3.05) is 13.2 Å². The van der Waals surface area contributed by atoms with Crippen LogP contribution in [0.4, 0.5) is 5.69 Å². The molecule has 0 saturated heterocycles.